The standard InChI is InChI=1S/C9H14IO6S/c11-9(15-3-4-17(12,13)14)10-7-5-6-1-2-8(7)16-6/h6-8H,1-5H2,(H,12,13,14)/q-1. The molecule has 8 heteroatoms. The number of hydrogen-bond acceptors (Lipinski definition) is 5. The summed E-state index contributed by atoms with van der Waals surface area (Å²) >= 11 is -0.769. The number of carbonyl (C=O) groups is 1. The van der Waals surface area contributed by atoms with Gasteiger partial charge in [0.15, 0.2) is 0 Å². The van der Waals surface area contributed by atoms with Crippen LogP contribution in [-0.4, -0.2) is 45.4 Å². The maximum absolute atomic E-state index is 11.5. The van der Waals surface area contributed by atoms with E-state index in [1.54, 1.807) is 0 Å². The van der Waals surface area contributed by atoms with Crippen LogP contribution in [0.1, 0.15) is 19.3 Å². The molecule has 2 rings (SSSR count). The van der Waals surface area contributed by atoms with Gasteiger partial charge < -0.3 is 0 Å². The van der Waals surface area contributed by atoms with E-state index in [0.717, 1.165) is 19.3 Å². The second kappa shape index (κ2) is 5.37. The summed E-state index contributed by atoms with van der Waals surface area (Å²) in [6.45, 7) is -0.265. The number of alkyl halides is 1. The van der Waals surface area contributed by atoms with Crippen LogP contribution in [0, 0.1) is 0 Å². The Bertz CT molecular complexity index is 394. The summed E-state index contributed by atoms with van der Waals surface area (Å²) in [5.74, 6) is -0.532. The van der Waals surface area contributed by atoms with E-state index in [1.165, 1.54) is 0 Å². The van der Waals surface area contributed by atoms with Gasteiger partial charge in [0.05, 0.1) is 0 Å². The minimum atomic E-state index is -4.05. The van der Waals surface area contributed by atoms with Gasteiger partial charge in [-0.15, -0.1) is 0 Å². The van der Waals surface area contributed by atoms with Crippen LogP contribution in [-0.2, 0) is 19.6 Å². The van der Waals surface area contributed by atoms with Crippen molar-refractivity contribution in [1.82, 2.24) is 0 Å². The van der Waals surface area contributed by atoms with Crippen molar-refractivity contribution in [3.05, 3.63) is 0 Å². The summed E-state index contributed by atoms with van der Waals surface area (Å²) in [6.07, 6.45) is 3.57. The third kappa shape index (κ3) is 4.04. The van der Waals surface area contributed by atoms with Crippen LogP contribution in [0.2, 0.25) is 0 Å². The third-order valence-corrected chi connectivity index (χ3v) is 6.43. The van der Waals surface area contributed by atoms with Gasteiger partial charge >= 0.3 is 110 Å². The molecule has 0 aromatic rings. The van der Waals surface area contributed by atoms with Gasteiger partial charge in [-0.1, -0.05) is 0 Å². The van der Waals surface area contributed by atoms with Crippen LogP contribution < -0.4 is 21.2 Å². The first-order valence-corrected chi connectivity index (χ1v) is 9.28. The molecule has 2 aliphatic heterocycles. The first-order valence-electron chi connectivity index (χ1n) is 5.35. The fraction of sp³-hybridized carbons (Fsp3) is 0.889. The van der Waals surface area contributed by atoms with Crippen LogP contribution >= 0.6 is 0 Å². The van der Waals surface area contributed by atoms with Crippen molar-refractivity contribution in [3.8, 4) is 0 Å². The summed E-state index contributed by atoms with van der Waals surface area (Å²) in [5, 5.41) is 0. The molecule has 0 saturated carbocycles. The van der Waals surface area contributed by atoms with Crippen molar-refractivity contribution in [2.75, 3.05) is 12.4 Å². The molecular weight excluding hydrogens is 363 g/mol. The quantitative estimate of drug-likeness (QED) is 0.245. The molecule has 0 aliphatic carbocycles. The van der Waals surface area contributed by atoms with Crippen LogP contribution in [0.5, 0.6) is 0 Å². The molecule has 2 fully saturated rings. The van der Waals surface area contributed by atoms with Gasteiger partial charge in [-0.25, -0.2) is 0 Å². The van der Waals surface area contributed by atoms with Crippen molar-refractivity contribution in [2.45, 2.75) is 35.4 Å². The molecule has 3 unspecified atom stereocenters. The van der Waals surface area contributed by atoms with E-state index < -0.39 is 37.1 Å². The molecule has 6 nitrogen and oxygen atoms in total. The zero-order valence-corrected chi connectivity index (χ0v) is 12.0. The molecule has 2 heterocycles. The molecule has 0 radical (unpaired) electrons. The summed E-state index contributed by atoms with van der Waals surface area (Å²) in [7, 11) is -4.05. The van der Waals surface area contributed by atoms with Crippen molar-refractivity contribution in [3.63, 3.8) is 0 Å². The number of hydrogen-bond donors (Lipinski definition) is 1. The molecule has 0 spiro atoms. The van der Waals surface area contributed by atoms with Gasteiger partial charge in [-0.3, -0.25) is 0 Å². The zero-order chi connectivity index (χ0) is 12.5. The monoisotopic (exact) mass is 377 g/mol. The summed E-state index contributed by atoms with van der Waals surface area (Å²) in [4.78, 5) is 11.5. The molecule has 0 aromatic heterocycles. The molecule has 0 aromatic carbocycles. The van der Waals surface area contributed by atoms with Gasteiger partial charge in [0.25, 0.3) is 0 Å². The van der Waals surface area contributed by atoms with Crippen molar-refractivity contribution in [2.24, 2.45) is 0 Å². The maximum atomic E-state index is 11.5. The van der Waals surface area contributed by atoms with Crippen LogP contribution in [0.4, 0.5) is 4.79 Å². The summed E-state index contributed by atoms with van der Waals surface area (Å²) in [5.41, 5.74) is 0. The molecule has 0 amide bonds. The predicted molar refractivity (Wildman–Crippen MR) is 54.1 cm³/mol. The average Bonchev–Trinajstić information content (AvgIpc) is 2.76. The Labute approximate surface area is 110 Å². The number of carbonyl (C=O) groups excluding carboxylic acids is 1. The Morgan fingerprint density at radius 3 is 2.76 bits per heavy atom. The fourth-order valence-electron chi connectivity index (χ4n) is 2.06. The molecule has 2 saturated heterocycles. The summed E-state index contributed by atoms with van der Waals surface area (Å²) in [6, 6.07) is 0. The van der Waals surface area contributed by atoms with Crippen LogP contribution in [0.3, 0.4) is 0 Å². The van der Waals surface area contributed by atoms with Crippen LogP contribution in [0.25, 0.3) is 0 Å². The van der Waals surface area contributed by atoms with Gasteiger partial charge in [-0.05, 0) is 0 Å². The predicted octanol–water partition coefficient (Wildman–Crippen LogP) is -2.58. The van der Waals surface area contributed by atoms with E-state index in [-0.39, 0.29) is 16.7 Å². The molecule has 2 aliphatic rings. The Hall–Kier alpha value is 0.0700. The van der Waals surface area contributed by atoms with Crippen molar-refractivity contribution in [1.29, 1.82) is 0 Å². The van der Waals surface area contributed by atoms with Crippen molar-refractivity contribution >= 4 is 14.1 Å². The SMILES string of the molecule is O=C(OCCS(=O)(=O)O)[I-]C1CC2CCC1O2. The van der Waals surface area contributed by atoms with E-state index in [2.05, 4.69) is 0 Å². The number of halogens is 1. The Balaban J connectivity index is 1.68. The molecular formula is C9H14IO6S-. The molecule has 2 bridgehead atoms. The molecule has 3 atom stereocenters. The summed E-state index contributed by atoms with van der Waals surface area (Å²) < 4.78 is 39.7. The second-order valence-corrected chi connectivity index (χ2v) is 8.78. The van der Waals surface area contributed by atoms with Gasteiger partial charge in [0.2, 0.25) is 0 Å². The number of rotatable bonds is 5. The van der Waals surface area contributed by atoms with E-state index in [1.807, 2.05) is 0 Å². The van der Waals surface area contributed by atoms with E-state index >= 15 is 0 Å². The first kappa shape index (κ1) is 13.5. The normalized spacial score (nSPS) is 31.9. The Kier molecular flexibility index (Phi) is 4.26. The average molecular weight is 377 g/mol. The van der Waals surface area contributed by atoms with E-state index in [4.69, 9.17) is 14.0 Å². The minimum absolute atomic E-state index is 0.210. The van der Waals surface area contributed by atoms with Gasteiger partial charge in [0, 0.05) is 0 Å². The Morgan fingerprint density at radius 1 is 1.47 bits per heavy atom. The van der Waals surface area contributed by atoms with Crippen molar-refractivity contribution < 1.29 is 48.4 Å². The zero-order valence-electron chi connectivity index (χ0n) is 9.04. The third-order valence-electron chi connectivity index (χ3n) is 2.82. The second-order valence-electron chi connectivity index (χ2n) is 4.11. The van der Waals surface area contributed by atoms with Gasteiger partial charge in [-0.2, -0.15) is 0 Å². The molecule has 17 heavy (non-hydrogen) atoms. The number of fused-ring (bicyclic) bond motifs is 2. The van der Waals surface area contributed by atoms with E-state index in [9.17, 15) is 13.2 Å². The molecule has 100 valence electrons. The molecule has 1 N–H and O–H groups in total. The Morgan fingerprint density at radius 2 is 2.24 bits per heavy atom. The van der Waals surface area contributed by atoms with Crippen LogP contribution in [0.15, 0.2) is 0 Å². The van der Waals surface area contributed by atoms with E-state index in [0.29, 0.717) is 10.0 Å². The number of ether oxygens (including phenoxy) is 2. The fourth-order valence-corrected chi connectivity index (χ4v) is 5.16. The van der Waals surface area contributed by atoms with Gasteiger partial charge in [0.1, 0.15) is 0 Å². The first-order chi connectivity index (χ1) is 7.94. The topological polar surface area (TPSA) is 89.9 Å².